The molecule has 2 aromatic carbocycles. The van der Waals surface area contributed by atoms with Crippen LogP contribution in [0.5, 0.6) is 0 Å². The van der Waals surface area contributed by atoms with E-state index in [2.05, 4.69) is 52.0 Å². The second-order valence-electron chi connectivity index (χ2n) is 7.64. The molecule has 0 spiro atoms. The number of benzene rings is 2. The molecule has 0 saturated carbocycles. The van der Waals surface area contributed by atoms with Crippen molar-refractivity contribution in [2.75, 3.05) is 31.1 Å². The molecule has 1 saturated heterocycles. The molecule has 1 aromatic heterocycles. The molecular weight excluding hydrogens is 369 g/mol. The molecule has 7 heteroatoms. The Morgan fingerprint density at radius 1 is 1.03 bits per heavy atom. The van der Waals surface area contributed by atoms with E-state index >= 15 is 0 Å². The summed E-state index contributed by atoms with van der Waals surface area (Å²) < 4.78 is 15.1. The first-order valence-electron chi connectivity index (χ1n) is 9.93. The summed E-state index contributed by atoms with van der Waals surface area (Å²) in [6.07, 6.45) is 0. The van der Waals surface area contributed by atoms with E-state index in [4.69, 9.17) is 0 Å². The van der Waals surface area contributed by atoms with Gasteiger partial charge in [0.05, 0.1) is 13.1 Å². The highest BCUT2D eigenvalue weighted by molar-refractivity contribution is 5.56. The van der Waals surface area contributed by atoms with Gasteiger partial charge < -0.3 is 4.90 Å². The Labute approximate surface area is 169 Å². The Morgan fingerprint density at radius 3 is 2.55 bits per heavy atom. The van der Waals surface area contributed by atoms with Crippen LogP contribution in [0.25, 0.3) is 0 Å². The second kappa shape index (κ2) is 8.21. The van der Waals surface area contributed by atoms with Crippen molar-refractivity contribution in [3.63, 3.8) is 0 Å². The smallest absolute Gasteiger partial charge is 0.343 e. The van der Waals surface area contributed by atoms with E-state index in [1.807, 2.05) is 6.07 Å². The molecule has 6 nitrogen and oxygen atoms in total. The Bertz CT molecular complexity index is 1050. The molecule has 1 N–H and O–H groups in total. The van der Waals surface area contributed by atoms with Gasteiger partial charge in [-0.3, -0.25) is 9.47 Å². The lowest BCUT2D eigenvalue weighted by Crippen LogP contribution is -2.46. The highest BCUT2D eigenvalue weighted by Gasteiger charge is 2.21. The van der Waals surface area contributed by atoms with E-state index in [9.17, 15) is 9.18 Å². The van der Waals surface area contributed by atoms with Crippen molar-refractivity contribution < 1.29 is 4.39 Å². The molecule has 29 heavy (non-hydrogen) atoms. The molecule has 1 aliphatic heterocycles. The van der Waals surface area contributed by atoms with E-state index in [1.54, 1.807) is 10.6 Å². The van der Waals surface area contributed by atoms with Crippen LogP contribution in [-0.4, -0.2) is 45.8 Å². The van der Waals surface area contributed by atoms with Crippen LogP contribution in [0.4, 0.5) is 10.1 Å². The van der Waals surface area contributed by atoms with Gasteiger partial charge >= 0.3 is 5.69 Å². The molecule has 2 heterocycles. The third kappa shape index (κ3) is 4.24. The van der Waals surface area contributed by atoms with Gasteiger partial charge in [0, 0.05) is 31.9 Å². The molecule has 0 aliphatic carbocycles. The first kappa shape index (κ1) is 19.4. The average Bonchev–Trinajstić information content (AvgIpc) is 3.04. The zero-order chi connectivity index (χ0) is 20.4. The van der Waals surface area contributed by atoms with Crippen LogP contribution in [0, 0.1) is 19.7 Å². The van der Waals surface area contributed by atoms with Gasteiger partial charge in [-0.15, -0.1) is 0 Å². The van der Waals surface area contributed by atoms with Crippen LogP contribution in [0.1, 0.15) is 22.5 Å². The maximum absolute atomic E-state index is 13.5. The van der Waals surface area contributed by atoms with Crippen molar-refractivity contribution in [3.8, 4) is 0 Å². The monoisotopic (exact) mass is 395 g/mol. The van der Waals surface area contributed by atoms with Gasteiger partial charge in [0.25, 0.3) is 0 Å². The minimum Gasteiger partial charge on any atom is -0.369 e. The van der Waals surface area contributed by atoms with Crippen LogP contribution in [0.15, 0.2) is 47.3 Å². The standard InChI is InChI=1S/C22H26FN5O/c1-16-5-3-8-20(17(16)2)27-11-9-26(10-12-27)15-21-24-25-22(29)28(21)14-18-6-4-7-19(23)13-18/h3-8,13H,9-12,14-15H2,1-2H3,(H,25,29). The predicted molar refractivity (Wildman–Crippen MR) is 112 cm³/mol. The van der Waals surface area contributed by atoms with Crippen LogP contribution < -0.4 is 10.6 Å². The largest absolute Gasteiger partial charge is 0.369 e. The fourth-order valence-electron chi connectivity index (χ4n) is 3.88. The van der Waals surface area contributed by atoms with E-state index < -0.39 is 0 Å². The number of hydrogen-bond acceptors (Lipinski definition) is 4. The van der Waals surface area contributed by atoms with Gasteiger partial charge in [0.1, 0.15) is 11.6 Å². The lowest BCUT2D eigenvalue weighted by molar-refractivity contribution is 0.240. The summed E-state index contributed by atoms with van der Waals surface area (Å²) in [4.78, 5) is 16.9. The van der Waals surface area contributed by atoms with Crippen LogP contribution in [0.3, 0.4) is 0 Å². The summed E-state index contributed by atoms with van der Waals surface area (Å²) in [6, 6.07) is 12.8. The minimum absolute atomic E-state index is 0.265. The molecule has 1 fully saturated rings. The molecule has 0 bridgehead atoms. The van der Waals surface area contributed by atoms with E-state index in [-0.39, 0.29) is 11.5 Å². The van der Waals surface area contributed by atoms with Gasteiger partial charge in [0.2, 0.25) is 0 Å². The fourth-order valence-corrected chi connectivity index (χ4v) is 3.88. The zero-order valence-electron chi connectivity index (χ0n) is 16.9. The topological polar surface area (TPSA) is 57.2 Å². The van der Waals surface area contributed by atoms with Gasteiger partial charge in [-0.25, -0.2) is 14.3 Å². The lowest BCUT2D eigenvalue weighted by atomic mass is 10.1. The molecule has 152 valence electrons. The number of halogens is 1. The van der Waals surface area contributed by atoms with Gasteiger partial charge in [0.15, 0.2) is 0 Å². The molecule has 0 radical (unpaired) electrons. The SMILES string of the molecule is Cc1cccc(N2CCN(Cc3n[nH]c(=O)n3Cc3cccc(F)c3)CC2)c1C. The van der Waals surface area contributed by atoms with Crippen molar-refractivity contribution in [2.24, 2.45) is 0 Å². The number of rotatable bonds is 5. The number of aromatic amines is 1. The summed E-state index contributed by atoms with van der Waals surface area (Å²) in [6.45, 7) is 8.88. The number of H-pyrrole nitrogens is 1. The Morgan fingerprint density at radius 2 is 1.79 bits per heavy atom. The van der Waals surface area contributed by atoms with E-state index in [0.717, 1.165) is 31.7 Å². The molecular formula is C22H26FN5O. The number of hydrogen-bond donors (Lipinski definition) is 1. The molecule has 3 aromatic rings. The number of piperazine rings is 1. The number of anilines is 1. The van der Waals surface area contributed by atoms with E-state index in [0.29, 0.717) is 18.9 Å². The van der Waals surface area contributed by atoms with Crippen LogP contribution in [-0.2, 0) is 13.1 Å². The summed E-state index contributed by atoms with van der Waals surface area (Å²) in [7, 11) is 0. The first-order chi connectivity index (χ1) is 14.0. The van der Waals surface area contributed by atoms with Crippen molar-refractivity contribution in [1.82, 2.24) is 19.7 Å². The highest BCUT2D eigenvalue weighted by Crippen LogP contribution is 2.24. The third-order valence-electron chi connectivity index (χ3n) is 5.72. The summed E-state index contributed by atoms with van der Waals surface area (Å²) in [5, 5.41) is 6.74. The Balaban J connectivity index is 1.42. The second-order valence-corrected chi connectivity index (χ2v) is 7.64. The molecule has 0 atom stereocenters. The average molecular weight is 395 g/mol. The normalized spacial score (nSPS) is 15.1. The molecule has 4 rings (SSSR count). The molecule has 1 aliphatic rings. The summed E-state index contributed by atoms with van der Waals surface area (Å²) in [5.41, 5.74) is 4.42. The van der Waals surface area contributed by atoms with Crippen molar-refractivity contribution in [3.05, 3.63) is 81.3 Å². The predicted octanol–water partition coefficient (Wildman–Crippen LogP) is 2.70. The first-order valence-corrected chi connectivity index (χ1v) is 9.93. The van der Waals surface area contributed by atoms with E-state index in [1.165, 1.54) is 28.9 Å². The minimum atomic E-state index is -0.303. The lowest BCUT2D eigenvalue weighted by Gasteiger charge is -2.36. The fraction of sp³-hybridized carbons (Fsp3) is 0.364. The maximum atomic E-state index is 13.5. The van der Waals surface area contributed by atoms with Crippen molar-refractivity contribution >= 4 is 5.69 Å². The van der Waals surface area contributed by atoms with Crippen LogP contribution in [0.2, 0.25) is 0 Å². The Kier molecular flexibility index (Phi) is 5.49. The van der Waals surface area contributed by atoms with Gasteiger partial charge in [-0.2, -0.15) is 5.10 Å². The maximum Gasteiger partial charge on any atom is 0.343 e. The summed E-state index contributed by atoms with van der Waals surface area (Å²) in [5.74, 6) is 0.377. The quantitative estimate of drug-likeness (QED) is 0.722. The molecule has 0 amide bonds. The van der Waals surface area contributed by atoms with Gasteiger partial charge in [-0.1, -0.05) is 24.3 Å². The number of aryl methyl sites for hydroxylation is 1. The highest BCUT2D eigenvalue weighted by atomic mass is 19.1. The molecule has 0 unspecified atom stereocenters. The number of nitrogens with one attached hydrogen (secondary N) is 1. The number of nitrogens with zero attached hydrogens (tertiary/aromatic N) is 4. The third-order valence-corrected chi connectivity index (χ3v) is 5.72. The van der Waals surface area contributed by atoms with Crippen molar-refractivity contribution in [2.45, 2.75) is 26.9 Å². The van der Waals surface area contributed by atoms with Crippen molar-refractivity contribution in [1.29, 1.82) is 0 Å². The zero-order valence-corrected chi connectivity index (χ0v) is 16.9. The number of aromatic nitrogens is 3. The Hall–Kier alpha value is -2.93. The van der Waals surface area contributed by atoms with Crippen LogP contribution >= 0.6 is 0 Å². The summed E-state index contributed by atoms with van der Waals surface area (Å²) >= 11 is 0. The van der Waals surface area contributed by atoms with Gasteiger partial charge in [-0.05, 0) is 48.7 Å².